The normalized spacial score (nSPS) is 14.8. The number of rotatable bonds is 6. The second-order valence-corrected chi connectivity index (χ2v) is 22.7. The van der Waals surface area contributed by atoms with Crippen LogP contribution in [0.5, 0.6) is 11.5 Å². The van der Waals surface area contributed by atoms with E-state index in [4.69, 9.17) is 55.2 Å². The molecule has 356 valence electrons. The molecule has 0 saturated carbocycles. The minimum absolute atomic E-state index is 0.00831. The van der Waals surface area contributed by atoms with Crippen LogP contribution in [-0.2, 0) is 13.1 Å². The van der Waals surface area contributed by atoms with Crippen molar-refractivity contribution < 1.29 is 40.2 Å². The third-order valence-electron chi connectivity index (χ3n) is 12.6. The molecule has 10 aromatic rings. The average Bonchev–Trinajstić information content (AvgIpc) is 4.25. The van der Waals surface area contributed by atoms with Crippen molar-refractivity contribution in [3.05, 3.63) is 98.7 Å². The summed E-state index contributed by atoms with van der Waals surface area (Å²) in [5, 5.41) is 108. The Bertz CT molecular complexity index is 4320. The Labute approximate surface area is 446 Å². The zero-order valence-corrected chi connectivity index (χ0v) is 42.8. The summed E-state index contributed by atoms with van der Waals surface area (Å²) in [5.41, 5.74) is 2.19. The lowest BCUT2D eigenvalue weighted by atomic mass is 9.99. The molecule has 7 heterocycles. The number of ketones is 2. The Hall–Kier alpha value is -6.74. The van der Waals surface area contributed by atoms with Crippen LogP contribution in [-0.4, -0.2) is 72.7 Å². The summed E-state index contributed by atoms with van der Waals surface area (Å²) in [6, 6.07) is 12.9. The quantitative estimate of drug-likeness (QED) is 0.0513. The van der Waals surface area contributed by atoms with Gasteiger partial charge in [0.2, 0.25) is 0 Å². The molecule has 0 bridgehead atoms. The SMILES string of the molecule is N#CC(C#N)=C1/C(=C/c2sc3c(sc4c5c6nsnc6c6c7sc8c(O)c(/C=C9\C(=O)c%10cc(Cl)c(Cl)cc%10C9=C(C#N)C#N)sc8c7n(CC(O)O)c6c5n(CC(O)O)c34)c2O)C(=O)c2cc(Cl)c(Cl)cc21. The fourth-order valence-electron chi connectivity index (χ4n) is 9.77. The van der Waals surface area contributed by atoms with Gasteiger partial charge in [-0.1, -0.05) is 46.4 Å². The first-order valence-electron chi connectivity index (χ1n) is 20.8. The number of carbonyl (C=O) groups is 2. The molecule has 2 aliphatic carbocycles. The molecule has 2 aliphatic rings. The first-order chi connectivity index (χ1) is 35.0. The van der Waals surface area contributed by atoms with Gasteiger partial charge in [0, 0.05) is 44.2 Å². The number of allylic oxidation sites excluding steroid dienone is 6. The van der Waals surface area contributed by atoms with Crippen molar-refractivity contribution >= 4 is 210 Å². The first-order valence-corrected chi connectivity index (χ1v) is 26.3. The number of fused-ring (bicyclic) bond motifs is 16. The van der Waals surface area contributed by atoms with E-state index in [0.717, 1.165) is 57.1 Å². The first kappa shape index (κ1) is 47.3. The van der Waals surface area contributed by atoms with Gasteiger partial charge < -0.3 is 39.8 Å². The number of halogens is 4. The highest BCUT2D eigenvalue weighted by molar-refractivity contribution is 7.35. The Morgan fingerprint density at radius 1 is 0.548 bits per heavy atom. The van der Waals surface area contributed by atoms with Crippen molar-refractivity contribution in [2.45, 2.75) is 25.7 Å². The van der Waals surface area contributed by atoms with Crippen LogP contribution in [0.2, 0.25) is 20.1 Å². The lowest BCUT2D eigenvalue weighted by Gasteiger charge is -2.13. The largest absolute Gasteiger partial charge is 0.505 e. The highest BCUT2D eigenvalue weighted by Crippen LogP contribution is 2.57. The minimum atomic E-state index is -1.96. The number of aromatic hydroxyl groups is 2. The highest BCUT2D eigenvalue weighted by Gasteiger charge is 2.38. The van der Waals surface area contributed by atoms with Crippen molar-refractivity contribution in [1.82, 2.24) is 17.9 Å². The summed E-state index contributed by atoms with van der Waals surface area (Å²) in [6.07, 6.45) is -1.15. The molecule has 0 fully saturated rings. The van der Waals surface area contributed by atoms with Crippen LogP contribution in [0.4, 0.5) is 0 Å². The van der Waals surface area contributed by atoms with E-state index in [1.165, 1.54) is 36.4 Å². The van der Waals surface area contributed by atoms with Crippen LogP contribution in [0.1, 0.15) is 41.6 Å². The van der Waals surface area contributed by atoms with Gasteiger partial charge in [0.25, 0.3) is 0 Å². The third-order valence-corrected chi connectivity index (χ3v) is 19.5. The molecule has 6 N–H and O–H groups in total. The molecule has 3 aromatic carbocycles. The van der Waals surface area contributed by atoms with E-state index in [-0.39, 0.29) is 97.0 Å². The van der Waals surface area contributed by atoms with Crippen LogP contribution in [0.15, 0.2) is 46.6 Å². The highest BCUT2D eigenvalue weighted by atomic mass is 35.5. The Balaban J connectivity index is 1.13. The summed E-state index contributed by atoms with van der Waals surface area (Å²) in [5.74, 6) is -1.63. The molecular weight excluding hydrogens is 1120 g/mol. The van der Waals surface area contributed by atoms with Crippen molar-refractivity contribution in [2.24, 2.45) is 0 Å². The number of carbonyl (C=O) groups excluding carboxylic acids is 2. The summed E-state index contributed by atoms with van der Waals surface area (Å²) in [4.78, 5) is 28.4. The van der Waals surface area contributed by atoms with Crippen LogP contribution in [0, 0.1) is 45.3 Å². The van der Waals surface area contributed by atoms with Gasteiger partial charge in [0.1, 0.15) is 46.5 Å². The smallest absolute Gasteiger partial charge is 0.194 e. The van der Waals surface area contributed by atoms with Crippen molar-refractivity contribution in [2.75, 3.05) is 0 Å². The van der Waals surface area contributed by atoms with Crippen molar-refractivity contribution in [3.63, 3.8) is 0 Å². The van der Waals surface area contributed by atoms with Gasteiger partial charge in [-0.05, 0) is 47.5 Å². The number of thiophene rings is 4. The minimum Gasteiger partial charge on any atom is -0.505 e. The number of nitrogens with zero attached hydrogens (tertiary/aromatic N) is 8. The molecule has 0 aliphatic heterocycles. The number of Topliss-reactive ketones (excluding diaryl/α,β-unsaturated/α-hetero) is 2. The number of hydrogen-bond donors (Lipinski definition) is 6. The number of nitriles is 4. The molecule has 25 heteroatoms. The van der Waals surface area contributed by atoms with Crippen molar-refractivity contribution in [1.29, 1.82) is 21.0 Å². The lowest BCUT2D eigenvalue weighted by Crippen LogP contribution is -2.16. The Kier molecular flexibility index (Phi) is 10.9. The third kappa shape index (κ3) is 6.58. The Morgan fingerprint density at radius 3 is 1.25 bits per heavy atom. The van der Waals surface area contributed by atoms with Crippen molar-refractivity contribution in [3.8, 4) is 35.8 Å². The van der Waals surface area contributed by atoms with Gasteiger partial charge in [-0.2, -0.15) is 29.8 Å². The number of aromatic nitrogens is 4. The van der Waals surface area contributed by atoms with Gasteiger partial charge in [-0.25, -0.2) is 0 Å². The van der Waals surface area contributed by atoms with E-state index in [0.29, 0.717) is 72.1 Å². The van der Waals surface area contributed by atoms with E-state index in [2.05, 4.69) is 0 Å². The summed E-state index contributed by atoms with van der Waals surface area (Å²) in [7, 11) is 0. The molecule has 0 unspecified atom stereocenters. The van der Waals surface area contributed by atoms with E-state index in [1.54, 1.807) is 9.13 Å². The van der Waals surface area contributed by atoms with Crippen LogP contribution < -0.4 is 0 Å². The number of aliphatic hydroxyl groups is 4. The van der Waals surface area contributed by atoms with Crippen LogP contribution >= 0.6 is 103 Å². The maximum absolute atomic E-state index is 14.0. The number of aliphatic hydroxyl groups excluding tert-OH is 2. The number of benzene rings is 3. The summed E-state index contributed by atoms with van der Waals surface area (Å²) >= 11 is 30.5. The second-order valence-electron chi connectivity index (χ2n) is 16.4. The molecule has 7 aromatic heterocycles. The topological polar surface area (TPSA) is 286 Å². The summed E-state index contributed by atoms with van der Waals surface area (Å²) < 4.78 is 15.4. The van der Waals surface area contributed by atoms with Gasteiger partial charge in [-0.15, -0.1) is 45.3 Å². The van der Waals surface area contributed by atoms with Gasteiger partial charge in [-0.3, -0.25) is 9.59 Å². The lowest BCUT2D eigenvalue weighted by molar-refractivity contribution is -0.0508. The van der Waals surface area contributed by atoms with Gasteiger partial charge in [0.05, 0.1) is 105 Å². The molecule has 0 amide bonds. The fourth-order valence-corrected chi connectivity index (χ4v) is 16.3. The average molecular weight is 1140 g/mol. The molecule has 0 saturated heterocycles. The molecule has 73 heavy (non-hydrogen) atoms. The molecule has 0 radical (unpaired) electrons. The van der Waals surface area contributed by atoms with Crippen LogP contribution in [0.3, 0.4) is 0 Å². The predicted molar refractivity (Wildman–Crippen MR) is 284 cm³/mol. The fraction of sp³-hybridized carbons (Fsp3) is 0.0833. The maximum Gasteiger partial charge on any atom is 0.194 e. The predicted octanol–water partition coefficient (Wildman–Crippen LogP) is 11.3. The zero-order valence-electron chi connectivity index (χ0n) is 35.7. The molecule has 0 spiro atoms. The second kappa shape index (κ2) is 16.9. The molecular formula is C48H18Cl4N8O8S5. The molecule has 16 nitrogen and oxygen atoms in total. The summed E-state index contributed by atoms with van der Waals surface area (Å²) in [6.45, 7) is -0.892. The van der Waals surface area contributed by atoms with E-state index < -0.39 is 37.2 Å². The molecule has 0 atom stereocenters. The standard InChI is InChI=1S/C48H18Cl4N8O8S5/c49-21-1-15-17(3-23(21)51)39(65)19(29(15)13(7-53)8-54)5-25-41(67)47-45(69-25)37-43(71-47)31-33-34(58-73-57-33)32-36(35(31)59(37)11-27(61)62)60(12-28(63)64)38-44(32)72-48-42(68)26(70-46(38)48)6-20-30(14(9-55)10-56)16-2-22(50)24(52)4-18(16)40(20)66/h1-6,27-28,61-64,67-68H,11-12H2/b19-5-,20-6-. The Morgan fingerprint density at radius 2 is 0.904 bits per heavy atom. The van der Waals surface area contributed by atoms with Gasteiger partial charge in [0.15, 0.2) is 35.6 Å². The van der Waals surface area contributed by atoms with Gasteiger partial charge >= 0.3 is 0 Å². The van der Waals surface area contributed by atoms with E-state index in [1.807, 2.05) is 24.3 Å². The monoisotopic (exact) mass is 1130 g/mol. The van der Waals surface area contributed by atoms with Crippen LogP contribution in [0.25, 0.3) is 95.4 Å². The van der Waals surface area contributed by atoms with E-state index in [9.17, 15) is 61.3 Å². The van der Waals surface area contributed by atoms with E-state index >= 15 is 0 Å². The molecule has 12 rings (SSSR count). The maximum atomic E-state index is 14.0. The number of hydrogen-bond acceptors (Lipinski definition) is 19. The zero-order chi connectivity index (χ0) is 51.4.